The molecule has 0 amide bonds. The third kappa shape index (κ3) is 2.28. The van der Waals surface area contributed by atoms with Crippen molar-refractivity contribution in [3.63, 3.8) is 0 Å². The van der Waals surface area contributed by atoms with E-state index in [0.29, 0.717) is 16.5 Å². The lowest BCUT2D eigenvalue weighted by Gasteiger charge is -2.28. The summed E-state index contributed by atoms with van der Waals surface area (Å²) in [6, 6.07) is 13.0. The maximum atomic E-state index is 10.5. The predicted molar refractivity (Wildman–Crippen MR) is 80.6 cm³/mol. The van der Waals surface area contributed by atoms with Gasteiger partial charge in [-0.15, -0.1) is 0 Å². The van der Waals surface area contributed by atoms with Crippen LogP contribution in [-0.4, -0.2) is 10.7 Å². The summed E-state index contributed by atoms with van der Waals surface area (Å²) in [5, 5.41) is 11.5. The molecule has 0 saturated heterocycles. The van der Waals surface area contributed by atoms with Gasteiger partial charge in [0.2, 0.25) is 0 Å². The van der Waals surface area contributed by atoms with Crippen LogP contribution in [0.1, 0.15) is 24.2 Å². The van der Waals surface area contributed by atoms with Crippen LogP contribution in [0, 0.1) is 0 Å². The molecule has 2 nitrogen and oxygen atoms in total. The lowest BCUT2D eigenvalue weighted by Crippen LogP contribution is -2.36. The lowest BCUT2D eigenvalue weighted by atomic mass is 9.89. The van der Waals surface area contributed by atoms with Gasteiger partial charge in [-0.2, -0.15) is 0 Å². The van der Waals surface area contributed by atoms with Gasteiger partial charge in [0.1, 0.15) is 17.5 Å². The summed E-state index contributed by atoms with van der Waals surface area (Å²) in [4.78, 5) is 0. The number of fused-ring (bicyclic) bond motifs is 1. The van der Waals surface area contributed by atoms with Crippen LogP contribution < -0.4 is 4.74 Å². The Balaban J connectivity index is 1.89. The van der Waals surface area contributed by atoms with Gasteiger partial charge >= 0.3 is 0 Å². The molecule has 4 heteroatoms. The van der Waals surface area contributed by atoms with Crippen molar-refractivity contribution in [2.45, 2.75) is 25.0 Å². The first kappa shape index (κ1) is 13.7. The second-order valence-electron chi connectivity index (χ2n) is 5.28. The molecule has 3 rings (SSSR count). The van der Waals surface area contributed by atoms with Gasteiger partial charge in [0.15, 0.2) is 0 Å². The highest BCUT2D eigenvalue weighted by Crippen LogP contribution is 2.44. The molecule has 104 valence electrons. The maximum Gasteiger partial charge on any atom is 0.140 e. The Morgan fingerprint density at radius 2 is 1.90 bits per heavy atom. The molecule has 1 aliphatic heterocycles. The standard InChI is InChI=1S/C16H14Cl2O2/c1-16(9-10-6-7-12(17)13(18)8-10)15(19)11-4-2-3-5-14(11)20-16/h2-8,15,19H,9H2,1H3/t15-,16-/m0/s1. The van der Waals surface area contributed by atoms with E-state index >= 15 is 0 Å². The molecule has 0 fully saturated rings. The summed E-state index contributed by atoms with van der Waals surface area (Å²) in [6.45, 7) is 1.90. The summed E-state index contributed by atoms with van der Waals surface area (Å²) < 4.78 is 5.95. The summed E-state index contributed by atoms with van der Waals surface area (Å²) in [7, 11) is 0. The van der Waals surface area contributed by atoms with Crippen LogP contribution in [0.2, 0.25) is 10.0 Å². The Bertz CT molecular complexity index is 657. The second-order valence-corrected chi connectivity index (χ2v) is 6.09. The van der Waals surface area contributed by atoms with E-state index in [9.17, 15) is 5.11 Å². The Kier molecular flexibility index (Phi) is 3.41. The largest absolute Gasteiger partial charge is 0.484 e. The van der Waals surface area contributed by atoms with E-state index in [1.807, 2.05) is 43.3 Å². The van der Waals surface area contributed by atoms with Crippen LogP contribution >= 0.6 is 23.2 Å². The highest BCUT2D eigenvalue weighted by molar-refractivity contribution is 6.42. The molecule has 1 aliphatic rings. The van der Waals surface area contributed by atoms with Crippen LogP contribution in [0.15, 0.2) is 42.5 Å². The number of hydrogen-bond acceptors (Lipinski definition) is 2. The number of ether oxygens (including phenoxy) is 1. The van der Waals surface area contributed by atoms with Crippen LogP contribution in [-0.2, 0) is 6.42 Å². The summed E-state index contributed by atoms with van der Waals surface area (Å²) >= 11 is 12.0. The molecule has 0 saturated carbocycles. The Morgan fingerprint density at radius 3 is 2.60 bits per heavy atom. The zero-order valence-corrected chi connectivity index (χ0v) is 12.4. The van der Waals surface area contributed by atoms with Gasteiger partial charge in [-0.25, -0.2) is 0 Å². The van der Waals surface area contributed by atoms with Crippen molar-refractivity contribution in [3.05, 3.63) is 63.6 Å². The van der Waals surface area contributed by atoms with E-state index in [1.54, 1.807) is 6.07 Å². The van der Waals surface area contributed by atoms with Crippen molar-refractivity contribution in [1.82, 2.24) is 0 Å². The number of halogens is 2. The maximum absolute atomic E-state index is 10.5. The second kappa shape index (κ2) is 4.96. The third-order valence-electron chi connectivity index (χ3n) is 3.67. The van der Waals surface area contributed by atoms with Crippen molar-refractivity contribution >= 4 is 23.2 Å². The van der Waals surface area contributed by atoms with E-state index < -0.39 is 11.7 Å². The average Bonchev–Trinajstić information content (AvgIpc) is 2.67. The SMILES string of the molecule is C[C@@]1(Cc2ccc(Cl)c(Cl)c2)Oc2ccccc2[C@@H]1O. The summed E-state index contributed by atoms with van der Waals surface area (Å²) in [6.07, 6.45) is -0.104. The smallest absolute Gasteiger partial charge is 0.140 e. The average molecular weight is 309 g/mol. The van der Waals surface area contributed by atoms with Gasteiger partial charge in [0, 0.05) is 12.0 Å². The Hall–Kier alpha value is -1.22. The minimum Gasteiger partial charge on any atom is -0.484 e. The van der Waals surface area contributed by atoms with Crippen LogP contribution in [0.5, 0.6) is 5.75 Å². The fourth-order valence-electron chi connectivity index (χ4n) is 2.62. The minimum absolute atomic E-state index is 0.512. The molecule has 0 unspecified atom stereocenters. The van der Waals surface area contributed by atoms with E-state index in [4.69, 9.17) is 27.9 Å². The van der Waals surface area contributed by atoms with E-state index in [1.165, 1.54) is 0 Å². The zero-order chi connectivity index (χ0) is 14.3. The van der Waals surface area contributed by atoms with Gasteiger partial charge in [0.05, 0.1) is 10.0 Å². The van der Waals surface area contributed by atoms with Crippen molar-refractivity contribution < 1.29 is 9.84 Å². The van der Waals surface area contributed by atoms with Crippen LogP contribution in [0.25, 0.3) is 0 Å². The molecule has 1 N–H and O–H groups in total. The van der Waals surface area contributed by atoms with Gasteiger partial charge in [-0.1, -0.05) is 47.5 Å². The highest BCUT2D eigenvalue weighted by Gasteiger charge is 2.43. The molecular weight excluding hydrogens is 295 g/mol. The number of aliphatic hydroxyl groups is 1. The third-order valence-corrected chi connectivity index (χ3v) is 4.41. The number of aliphatic hydroxyl groups excluding tert-OH is 1. The molecule has 2 atom stereocenters. The highest BCUT2D eigenvalue weighted by atomic mass is 35.5. The van der Waals surface area contributed by atoms with Crippen LogP contribution in [0.4, 0.5) is 0 Å². The topological polar surface area (TPSA) is 29.5 Å². The Labute approximate surface area is 127 Å². The number of para-hydroxylation sites is 1. The first-order chi connectivity index (χ1) is 9.49. The molecule has 0 radical (unpaired) electrons. The number of benzene rings is 2. The quantitative estimate of drug-likeness (QED) is 0.890. The van der Waals surface area contributed by atoms with E-state index in [-0.39, 0.29) is 0 Å². The lowest BCUT2D eigenvalue weighted by molar-refractivity contribution is -0.0135. The molecule has 1 heterocycles. The first-order valence-corrected chi connectivity index (χ1v) is 7.15. The van der Waals surface area contributed by atoms with Crippen molar-refractivity contribution in [2.75, 3.05) is 0 Å². The van der Waals surface area contributed by atoms with Gasteiger partial charge in [0.25, 0.3) is 0 Å². The minimum atomic E-state index is -0.694. The molecule has 20 heavy (non-hydrogen) atoms. The zero-order valence-electron chi connectivity index (χ0n) is 10.9. The molecular formula is C16H14Cl2O2. The molecule has 0 bridgehead atoms. The monoisotopic (exact) mass is 308 g/mol. The summed E-state index contributed by atoms with van der Waals surface area (Å²) in [5.41, 5.74) is 1.12. The van der Waals surface area contributed by atoms with E-state index in [2.05, 4.69) is 0 Å². The van der Waals surface area contributed by atoms with Crippen molar-refractivity contribution in [3.8, 4) is 5.75 Å². The first-order valence-electron chi connectivity index (χ1n) is 6.39. The molecule has 0 spiro atoms. The van der Waals surface area contributed by atoms with Crippen molar-refractivity contribution in [1.29, 1.82) is 0 Å². The molecule has 2 aromatic rings. The van der Waals surface area contributed by atoms with E-state index in [0.717, 1.165) is 16.9 Å². The number of rotatable bonds is 2. The van der Waals surface area contributed by atoms with Gasteiger partial charge < -0.3 is 9.84 Å². The predicted octanol–water partition coefficient (Wildman–Crippen LogP) is 4.42. The number of hydrogen-bond donors (Lipinski definition) is 1. The normalized spacial score (nSPS) is 24.3. The van der Waals surface area contributed by atoms with Gasteiger partial charge in [-0.3, -0.25) is 0 Å². The Morgan fingerprint density at radius 1 is 1.15 bits per heavy atom. The summed E-state index contributed by atoms with van der Waals surface area (Å²) in [5.74, 6) is 0.738. The molecule has 0 aromatic heterocycles. The fourth-order valence-corrected chi connectivity index (χ4v) is 2.94. The molecule has 0 aliphatic carbocycles. The molecule has 2 aromatic carbocycles. The van der Waals surface area contributed by atoms with Crippen LogP contribution in [0.3, 0.4) is 0 Å². The van der Waals surface area contributed by atoms with Crippen molar-refractivity contribution in [2.24, 2.45) is 0 Å². The fraction of sp³-hybridized carbons (Fsp3) is 0.250. The van der Waals surface area contributed by atoms with Gasteiger partial charge in [-0.05, 0) is 30.7 Å².